The molecule has 0 radical (unpaired) electrons. The average molecular weight is 422 g/mol. The van der Waals surface area contributed by atoms with E-state index in [2.05, 4.69) is 5.32 Å². The molecule has 1 heterocycles. The van der Waals surface area contributed by atoms with Gasteiger partial charge in [-0.05, 0) is 45.2 Å². The normalized spacial score (nSPS) is 16.4. The van der Waals surface area contributed by atoms with E-state index in [9.17, 15) is 19.2 Å². The van der Waals surface area contributed by atoms with E-state index in [4.69, 9.17) is 10.5 Å². The van der Waals surface area contributed by atoms with Crippen molar-refractivity contribution >= 4 is 35.5 Å². The number of thioether (sulfide) groups is 1. The van der Waals surface area contributed by atoms with Crippen LogP contribution in [0.15, 0.2) is 29.2 Å². The number of primary amides is 1. The van der Waals surface area contributed by atoms with E-state index in [-0.39, 0.29) is 23.3 Å². The number of hydrogen-bond donors (Lipinski definition) is 2. The molecule has 1 aliphatic rings. The van der Waals surface area contributed by atoms with Crippen LogP contribution in [0.4, 0.5) is 0 Å². The standard InChI is InChI=1S/C20H27N3O5S/c1-13(2)22-17(24)12-29-16-9-4-3-7-14(16)20(27)28-11-18(25)23-10-6-5-8-15(23)19(21)26/h3-4,7,9,13,15H,5-6,8,10-12H2,1-2H3,(H2,21,26)(H,22,24)/t15-/m1/s1. The third kappa shape index (κ3) is 6.77. The molecule has 8 nitrogen and oxygen atoms in total. The number of nitrogens with one attached hydrogen (secondary N) is 1. The van der Waals surface area contributed by atoms with Gasteiger partial charge in [-0.1, -0.05) is 12.1 Å². The Bertz CT molecular complexity index is 768. The summed E-state index contributed by atoms with van der Waals surface area (Å²) in [7, 11) is 0. The van der Waals surface area contributed by atoms with Crippen molar-refractivity contribution in [3.63, 3.8) is 0 Å². The third-order valence-electron chi connectivity index (χ3n) is 4.39. The molecule has 1 aliphatic heterocycles. The average Bonchev–Trinajstić information content (AvgIpc) is 2.69. The van der Waals surface area contributed by atoms with Gasteiger partial charge in [-0.25, -0.2) is 4.79 Å². The summed E-state index contributed by atoms with van der Waals surface area (Å²) in [5.41, 5.74) is 5.66. The highest BCUT2D eigenvalue weighted by molar-refractivity contribution is 8.00. The van der Waals surface area contributed by atoms with Gasteiger partial charge in [0.05, 0.1) is 11.3 Å². The van der Waals surface area contributed by atoms with E-state index < -0.39 is 30.4 Å². The molecule has 3 N–H and O–H groups in total. The smallest absolute Gasteiger partial charge is 0.339 e. The lowest BCUT2D eigenvalue weighted by molar-refractivity contribution is -0.143. The van der Waals surface area contributed by atoms with Crippen LogP contribution >= 0.6 is 11.8 Å². The molecular weight excluding hydrogens is 394 g/mol. The molecule has 158 valence electrons. The van der Waals surface area contributed by atoms with Crippen molar-refractivity contribution in [2.75, 3.05) is 18.9 Å². The summed E-state index contributed by atoms with van der Waals surface area (Å²) >= 11 is 1.22. The molecular formula is C20H27N3O5S. The zero-order valence-electron chi connectivity index (χ0n) is 16.7. The fourth-order valence-electron chi connectivity index (χ4n) is 3.08. The summed E-state index contributed by atoms with van der Waals surface area (Å²) < 4.78 is 5.19. The van der Waals surface area contributed by atoms with Crippen LogP contribution in [0, 0.1) is 0 Å². The van der Waals surface area contributed by atoms with Crippen LogP contribution in [0.25, 0.3) is 0 Å². The summed E-state index contributed by atoms with van der Waals surface area (Å²) in [5, 5.41) is 2.79. The molecule has 0 spiro atoms. The maximum Gasteiger partial charge on any atom is 0.339 e. The highest BCUT2D eigenvalue weighted by atomic mass is 32.2. The van der Waals surface area contributed by atoms with Crippen molar-refractivity contribution in [3.8, 4) is 0 Å². The van der Waals surface area contributed by atoms with Gasteiger partial charge in [0.15, 0.2) is 6.61 Å². The van der Waals surface area contributed by atoms with Gasteiger partial charge in [0.25, 0.3) is 5.91 Å². The highest BCUT2D eigenvalue weighted by Gasteiger charge is 2.31. The number of benzene rings is 1. The van der Waals surface area contributed by atoms with Crippen molar-refractivity contribution in [3.05, 3.63) is 29.8 Å². The first-order valence-electron chi connectivity index (χ1n) is 9.56. The number of carbonyl (C=O) groups excluding carboxylic acids is 4. The fraction of sp³-hybridized carbons (Fsp3) is 0.500. The van der Waals surface area contributed by atoms with Gasteiger partial charge in [-0.3, -0.25) is 14.4 Å². The Kier molecular flexibility index (Phi) is 8.50. The van der Waals surface area contributed by atoms with Gasteiger partial charge < -0.3 is 20.7 Å². The van der Waals surface area contributed by atoms with Gasteiger partial charge in [-0.15, -0.1) is 11.8 Å². The van der Waals surface area contributed by atoms with Gasteiger partial charge in [0.2, 0.25) is 11.8 Å². The topological polar surface area (TPSA) is 119 Å². The first kappa shape index (κ1) is 22.7. The summed E-state index contributed by atoms with van der Waals surface area (Å²) in [6.45, 7) is 3.70. The number of amides is 3. The van der Waals surface area contributed by atoms with Crippen LogP contribution in [0.5, 0.6) is 0 Å². The van der Waals surface area contributed by atoms with Crippen LogP contribution < -0.4 is 11.1 Å². The highest BCUT2D eigenvalue weighted by Crippen LogP contribution is 2.23. The summed E-state index contributed by atoms with van der Waals surface area (Å²) in [5.74, 6) is -1.62. The van der Waals surface area contributed by atoms with Crippen LogP contribution in [-0.4, -0.2) is 59.6 Å². The van der Waals surface area contributed by atoms with Gasteiger partial charge in [-0.2, -0.15) is 0 Å². The molecule has 9 heteroatoms. The van der Waals surface area contributed by atoms with Crippen molar-refractivity contribution in [2.45, 2.75) is 50.1 Å². The molecule has 1 aromatic carbocycles. The third-order valence-corrected chi connectivity index (χ3v) is 5.47. The zero-order valence-corrected chi connectivity index (χ0v) is 17.5. The van der Waals surface area contributed by atoms with Gasteiger partial charge in [0, 0.05) is 17.5 Å². The Morgan fingerprint density at radius 3 is 2.66 bits per heavy atom. The zero-order chi connectivity index (χ0) is 21.4. The molecule has 1 aromatic rings. The lowest BCUT2D eigenvalue weighted by Crippen LogP contribution is -2.51. The van der Waals surface area contributed by atoms with Crippen molar-refractivity contribution in [1.29, 1.82) is 0 Å². The molecule has 1 saturated heterocycles. The fourth-order valence-corrected chi connectivity index (χ4v) is 3.93. The van der Waals surface area contributed by atoms with Gasteiger partial charge >= 0.3 is 5.97 Å². The molecule has 1 fully saturated rings. The molecule has 0 unspecified atom stereocenters. The largest absolute Gasteiger partial charge is 0.452 e. The quantitative estimate of drug-likeness (QED) is 0.483. The Hall–Kier alpha value is -2.55. The number of ether oxygens (including phenoxy) is 1. The van der Waals surface area contributed by atoms with E-state index in [1.165, 1.54) is 16.7 Å². The summed E-state index contributed by atoms with van der Waals surface area (Å²) in [6.07, 6.45) is 2.13. The predicted octanol–water partition coefficient (Wildman–Crippen LogP) is 1.33. The first-order chi connectivity index (χ1) is 13.8. The van der Waals surface area contributed by atoms with E-state index in [1.54, 1.807) is 24.3 Å². The Labute approximate surface area is 174 Å². The molecule has 0 bridgehead atoms. The molecule has 0 saturated carbocycles. The van der Waals surface area contributed by atoms with E-state index >= 15 is 0 Å². The van der Waals surface area contributed by atoms with Crippen molar-refractivity contribution in [1.82, 2.24) is 10.2 Å². The monoisotopic (exact) mass is 421 g/mol. The number of nitrogens with zero attached hydrogens (tertiary/aromatic N) is 1. The molecule has 0 aliphatic carbocycles. The number of nitrogens with two attached hydrogens (primary N) is 1. The van der Waals surface area contributed by atoms with Crippen molar-refractivity contribution in [2.24, 2.45) is 5.73 Å². The van der Waals surface area contributed by atoms with Crippen LogP contribution in [-0.2, 0) is 19.1 Å². The molecule has 3 amide bonds. The summed E-state index contributed by atoms with van der Waals surface area (Å²) in [6, 6.07) is 6.13. The minimum absolute atomic E-state index is 0.0355. The van der Waals surface area contributed by atoms with E-state index in [0.29, 0.717) is 17.9 Å². The second kappa shape index (κ2) is 10.8. The number of piperidine rings is 1. The van der Waals surface area contributed by atoms with E-state index in [1.807, 2.05) is 13.8 Å². The molecule has 0 aromatic heterocycles. The SMILES string of the molecule is CC(C)NC(=O)CSc1ccccc1C(=O)OCC(=O)N1CCCC[C@@H]1C(N)=O. The minimum atomic E-state index is -0.655. The molecule has 29 heavy (non-hydrogen) atoms. The first-order valence-corrected chi connectivity index (χ1v) is 10.5. The van der Waals surface area contributed by atoms with E-state index in [0.717, 1.165) is 12.8 Å². The number of carbonyl (C=O) groups is 4. The second-order valence-electron chi connectivity index (χ2n) is 7.08. The van der Waals surface area contributed by atoms with Crippen LogP contribution in [0.3, 0.4) is 0 Å². The lowest BCUT2D eigenvalue weighted by atomic mass is 10.0. The Morgan fingerprint density at radius 1 is 1.24 bits per heavy atom. The lowest BCUT2D eigenvalue weighted by Gasteiger charge is -2.33. The van der Waals surface area contributed by atoms with Crippen LogP contribution in [0.1, 0.15) is 43.5 Å². The minimum Gasteiger partial charge on any atom is -0.452 e. The van der Waals surface area contributed by atoms with Crippen molar-refractivity contribution < 1.29 is 23.9 Å². The number of likely N-dealkylation sites (tertiary alicyclic amines) is 1. The second-order valence-corrected chi connectivity index (χ2v) is 8.10. The number of rotatable bonds is 8. The maximum absolute atomic E-state index is 12.5. The number of hydrogen-bond acceptors (Lipinski definition) is 6. The molecule has 1 atom stereocenters. The Balaban J connectivity index is 1.96. The molecule has 2 rings (SSSR count). The summed E-state index contributed by atoms with van der Waals surface area (Å²) in [4.78, 5) is 50.3. The maximum atomic E-state index is 12.5. The van der Waals surface area contributed by atoms with Crippen LogP contribution in [0.2, 0.25) is 0 Å². The van der Waals surface area contributed by atoms with Gasteiger partial charge in [0.1, 0.15) is 6.04 Å². The number of esters is 1. The Morgan fingerprint density at radius 2 is 1.97 bits per heavy atom. The predicted molar refractivity (Wildman–Crippen MR) is 109 cm³/mol.